The number of nitrogens with zero attached hydrogens (tertiary/aromatic N) is 1. The molecule has 0 aliphatic carbocycles. The van der Waals surface area contributed by atoms with Gasteiger partial charge in [0.2, 0.25) is 15.9 Å². The molecule has 0 aromatic heterocycles. The number of methoxy groups -OCH3 is 1. The highest BCUT2D eigenvalue weighted by Gasteiger charge is 2.35. The van der Waals surface area contributed by atoms with Crippen molar-refractivity contribution in [2.24, 2.45) is 5.92 Å². The van der Waals surface area contributed by atoms with E-state index in [2.05, 4.69) is 5.32 Å². The van der Waals surface area contributed by atoms with E-state index in [-0.39, 0.29) is 17.3 Å². The van der Waals surface area contributed by atoms with Gasteiger partial charge in [0.1, 0.15) is 23.9 Å². The number of sulfonamides is 1. The number of fused-ring (bicyclic) bond motifs is 1. The van der Waals surface area contributed by atoms with Crippen LogP contribution in [0.3, 0.4) is 0 Å². The maximum atomic E-state index is 13.3. The lowest BCUT2D eigenvalue weighted by Crippen LogP contribution is -2.43. The van der Waals surface area contributed by atoms with Gasteiger partial charge in [-0.05, 0) is 49.6 Å². The van der Waals surface area contributed by atoms with E-state index >= 15 is 0 Å². The normalized spacial score (nSPS) is 19.0. The number of piperidine rings is 1. The predicted octanol–water partition coefficient (Wildman–Crippen LogP) is 2.81. The Morgan fingerprint density at radius 3 is 2.68 bits per heavy atom. The van der Waals surface area contributed by atoms with E-state index in [1.165, 1.54) is 11.4 Å². The quantitative estimate of drug-likeness (QED) is 0.759. The molecule has 1 amide bonds. The lowest BCUT2D eigenvalue weighted by atomic mass is 9.98. The summed E-state index contributed by atoms with van der Waals surface area (Å²) in [7, 11) is -2.34. The third kappa shape index (κ3) is 4.47. The smallest absolute Gasteiger partial charge is 0.246 e. The number of benzene rings is 2. The zero-order chi connectivity index (χ0) is 22.0. The molecule has 1 fully saturated rings. The maximum Gasteiger partial charge on any atom is 0.246 e. The standard InChI is InChI=1S/C22H26N2O6S/c1-15-5-7-19(28-2)21(12-15)31(26,27)24-9-3-4-16(14-24)22(25)23-17-6-8-18-20(13-17)30-11-10-29-18/h5-8,12-13,16H,3-4,9-11,14H2,1-2H3,(H,23,25)/t16-/m0/s1. The fraction of sp³-hybridized carbons (Fsp3) is 0.409. The van der Waals surface area contributed by atoms with Crippen LogP contribution in [0.5, 0.6) is 17.2 Å². The molecular formula is C22H26N2O6S. The van der Waals surface area contributed by atoms with E-state index in [1.807, 2.05) is 6.92 Å². The van der Waals surface area contributed by atoms with Crippen LogP contribution in [0.15, 0.2) is 41.3 Å². The molecule has 1 atom stereocenters. The molecule has 4 rings (SSSR count). The van der Waals surface area contributed by atoms with Crippen molar-refractivity contribution in [3.8, 4) is 17.2 Å². The minimum atomic E-state index is -3.79. The van der Waals surface area contributed by atoms with Crippen molar-refractivity contribution >= 4 is 21.6 Å². The van der Waals surface area contributed by atoms with Crippen molar-refractivity contribution in [2.75, 3.05) is 38.7 Å². The van der Waals surface area contributed by atoms with Gasteiger partial charge in [0, 0.05) is 24.8 Å². The summed E-state index contributed by atoms with van der Waals surface area (Å²) in [6.45, 7) is 3.28. The highest BCUT2D eigenvalue weighted by molar-refractivity contribution is 7.89. The molecule has 8 nitrogen and oxygen atoms in total. The molecule has 0 saturated carbocycles. The van der Waals surface area contributed by atoms with Crippen molar-refractivity contribution in [1.29, 1.82) is 0 Å². The number of carbonyl (C=O) groups excluding carboxylic acids is 1. The second-order valence-corrected chi connectivity index (χ2v) is 9.61. The van der Waals surface area contributed by atoms with Gasteiger partial charge in [-0.15, -0.1) is 0 Å². The number of rotatable bonds is 5. The largest absolute Gasteiger partial charge is 0.495 e. The Balaban J connectivity index is 1.49. The van der Waals surface area contributed by atoms with Crippen LogP contribution in [-0.4, -0.2) is 52.0 Å². The number of amides is 1. The summed E-state index contributed by atoms with van der Waals surface area (Å²) in [5.74, 6) is 0.864. The molecule has 2 heterocycles. The van der Waals surface area contributed by atoms with E-state index in [4.69, 9.17) is 14.2 Å². The summed E-state index contributed by atoms with van der Waals surface area (Å²) in [6, 6.07) is 10.3. The number of nitrogens with one attached hydrogen (secondary N) is 1. The summed E-state index contributed by atoms with van der Waals surface area (Å²) in [5.41, 5.74) is 1.42. The summed E-state index contributed by atoms with van der Waals surface area (Å²) >= 11 is 0. The van der Waals surface area contributed by atoms with Crippen molar-refractivity contribution in [1.82, 2.24) is 4.31 Å². The van der Waals surface area contributed by atoms with Gasteiger partial charge in [0.05, 0.1) is 13.0 Å². The van der Waals surface area contributed by atoms with Gasteiger partial charge in [0.25, 0.3) is 0 Å². The number of hydrogen-bond donors (Lipinski definition) is 1. The zero-order valence-electron chi connectivity index (χ0n) is 17.6. The molecule has 0 unspecified atom stereocenters. The first-order chi connectivity index (χ1) is 14.9. The number of carbonyl (C=O) groups is 1. The third-order valence-corrected chi connectivity index (χ3v) is 7.39. The van der Waals surface area contributed by atoms with Crippen LogP contribution in [0.25, 0.3) is 0 Å². The fourth-order valence-electron chi connectivity index (χ4n) is 3.86. The van der Waals surface area contributed by atoms with E-state index in [9.17, 15) is 13.2 Å². The molecule has 31 heavy (non-hydrogen) atoms. The topological polar surface area (TPSA) is 94.2 Å². The minimum absolute atomic E-state index is 0.121. The van der Waals surface area contributed by atoms with E-state index in [0.29, 0.717) is 55.5 Å². The van der Waals surface area contributed by atoms with Gasteiger partial charge in [0.15, 0.2) is 11.5 Å². The molecule has 0 bridgehead atoms. The highest BCUT2D eigenvalue weighted by atomic mass is 32.2. The SMILES string of the molecule is COc1ccc(C)cc1S(=O)(=O)N1CCC[C@H](C(=O)Nc2ccc3c(c2)OCCO3)C1. The second kappa shape index (κ2) is 8.76. The molecule has 166 valence electrons. The summed E-state index contributed by atoms with van der Waals surface area (Å²) in [5, 5.41) is 2.88. The molecule has 2 aliphatic rings. The Kier molecular flexibility index (Phi) is 6.06. The highest BCUT2D eigenvalue weighted by Crippen LogP contribution is 2.34. The van der Waals surface area contributed by atoms with Crippen LogP contribution < -0.4 is 19.5 Å². The Labute approximate surface area is 182 Å². The average molecular weight is 447 g/mol. The van der Waals surface area contributed by atoms with Crippen molar-refractivity contribution in [2.45, 2.75) is 24.7 Å². The van der Waals surface area contributed by atoms with Gasteiger partial charge in [-0.25, -0.2) is 8.42 Å². The number of aryl methyl sites for hydroxylation is 1. The van der Waals surface area contributed by atoms with Crippen LogP contribution in [-0.2, 0) is 14.8 Å². The van der Waals surface area contributed by atoms with Crippen LogP contribution >= 0.6 is 0 Å². The Morgan fingerprint density at radius 2 is 1.90 bits per heavy atom. The predicted molar refractivity (Wildman–Crippen MR) is 115 cm³/mol. The summed E-state index contributed by atoms with van der Waals surface area (Å²) < 4.78 is 44.3. The lowest BCUT2D eigenvalue weighted by molar-refractivity contribution is -0.120. The molecule has 2 aromatic rings. The Bertz CT molecular complexity index is 1090. The van der Waals surface area contributed by atoms with E-state index < -0.39 is 15.9 Å². The van der Waals surface area contributed by atoms with Gasteiger partial charge in [-0.3, -0.25) is 4.79 Å². The lowest BCUT2D eigenvalue weighted by Gasteiger charge is -2.31. The zero-order valence-corrected chi connectivity index (χ0v) is 18.4. The molecule has 1 saturated heterocycles. The van der Waals surface area contributed by atoms with E-state index in [1.54, 1.807) is 36.4 Å². The van der Waals surface area contributed by atoms with Gasteiger partial charge in [-0.2, -0.15) is 4.31 Å². The van der Waals surface area contributed by atoms with Crippen LogP contribution in [0, 0.1) is 12.8 Å². The van der Waals surface area contributed by atoms with Gasteiger partial charge < -0.3 is 19.5 Å². The third-order valence-electron chi connectivity index (χ3n) is 5.50. The molecule has 2 aromatic carbocycles. The minimum Gasteiger partial charge on any atom is -0.495 e. The van der Waals surface area contributed by atoms with Crippen molar-refractivity contribution in [3.63, 3.8) is 0 Å². The Hall–Kier alpha value is -2.78. The molecule has 2 aliphatic heterocycles. The molecular weight excluding hydrogens is 420 g/mol. The van der Waals surface area contributed by atoms with Gasteiger partial charge in [-0.1, -0.05) is 6.07 Å². The van der Waals surface area contributed by atoms with Gasteiger partial charge >= 0.3 is 0 Å². The first-order valence-corrected chi connectivity index (χ1v) is 11.7. The molecule has 9 heteroatoms. The van der Waals surface area contributed by atoms with Crippen LogP contribution in [0.1, 0.15) is 18.4 Å². The van der Waals surface area contributed by atoms with E-state index in [0.717, 1.165) is 5.56 Å². The number of anilines is 1. The first kappa shape index (κ1) is 21.5. The fourth-order valence-corrected chi connectivity index (χ4v) is 5.63. The summed E-state index contributed by atoms with van der Waals surface area (Å²) in [6.07, 6.45) is 1.22. The number of ether oxygens (including phenoxy) is 3. The van der Waals surface area contributed by atoms with Crippen molar-refractivity contribution in [3.05, 3.63) is 42.0 Å². The molecule has 0 radical (unpaired) electrons. The van der Waals surface area contributed by atoms with Crippen molar-refractivity contribution < 1.29 is 27.4 Å². The second-order valence-electron chi connectivity index (χ2n) is 7.70. The monoisotopic (exact) mass is 446 g/mol. The Morgan fingerprint density at radius 1 is 1.13 bits per heavy atom. The maximum absolute atomic E-state index is 13.3. The summed E-state index contributed by atoms with van der Waals surface area (Å²) in [4.78, 5) is 13.0. The van der Waals surface area contributed by atoms with Crippen LogP contribution in [0.2, 0.25) is 0 Å². The molecule has 0 spiro atoms. The average Bonchev–Trinajstić information content (AvgIpc) is 2.79. The first-order valence-electron chi connectivity index (χ1n) is 10.2. The number of hydrogen-bond acceptors (Lipinski definition) is 6. The van der Waals surface area contributed by atoms with Crippen LogP contribution in [0.4, 0.5) is 5.69 Å². The molecule has 1 N–H and O–H groups in total.